The van der Waals surface area contributed by atoms with Crippen molar-refractivity contribution in [2.24, 2.45) is 10.7 Å². The summed E-state index contributed by atoms with van der Waals surface area (Å²) in [5.41, 5.74) is 6.43. The summed E-state index contributed by atoms with van der Waals surface area (Å²) >= 11 is 0. The largest absolute Gasteiger partial charge is 0.465 e. The second-order valence-electron chi connectivity index (χ2n) is 4.82. The fourth-order valence-corrected chi connectivity index (χ4v) is 2.25. The molecule has 22 heavy (non-hydrogen) atoms. The van der Waals surface area contributed by atoms with Gasteiger partial charge in [0.1, 0.15) is 5.82 Å². The molecule has 1 aliphatic rings. The Balaban J connectivity index is 1.90. The lowest BCUT2D eigenvalue weighted by molar-refractivity contribution is 0.255. The first-order valence-electron chi connectivity index (χ1n) is 6.76. The van der Waals surface area contributed by atoms with Crippen LogP contribution in [-0.4, -0.2) is 17.6 Å². The van der Waals surface area contributed by atoms with Crippen molar-refractivity contribution in [1.29, 1.82) is 0 Å². The number of benzene rings is 1. The summed E-state index contributed by atoms with van der Waals surface area (Å²) in [7, 11) is 0. The van der Waals surface area contributed by atoms with E-state index in [4.69, 9.17) is 10.5 Å². The first kappa shape index (κ1) is 14.2. The monoisotopic (exact) mass is 304 g/mol. The number of nitrogens with zero attached hydrogens (tertiary/aromatic N) is 2. The molecule has 3 rings (SSSR count). The Morgan fingerprint density at radius 3 is 2.86 bits per heavy atom. The molecular weight excluding hydrogens is 290 g/mol. The Morgan fingerprint density at radius 2 is 2.09 bits per heavy atom. The second kappa shape index (κ2) is 5.97. The van der Waals surface area contributed by atoms with Gasteiger partial charge in [0.25, 0.3) is 6.02 Å². The zero-order valence-corrected chi connectivity index (χ0v) is 11.6. The number of nitrogens with one attached hydrogen (secondary N) is 1. The summed E-state index contributed by atoms with van der Waals surface area (Å²) in [4.78, 5) is 8.00. The molecule has 0 fully saturated rings. The fourth-order valence-electron chi connectivity index (χ4n) is 2.25. The molecule has 1 atom stereocenters. The molecule has 114 valence electrons. The van der Waals surface area contributed by atoms with Gasteiger partial charge >= 0.3 is 0 Å². The van der Waals surface area contributed by atoms with Crippen LogP contribution in [-0.2, 0) is 4.74 Å². The number of hydrogen-bond donors (Lipinski definition) is 2. The topological polar surface area (TPSA) is 72.5 Å². The van der Waals surface area contributed by atoms with E-state index in [-0.39, 0.29) is 11.8 Å². The van der Waals surface area contributed by atoms with Crippen molar-refractivity contribution in [2.45, 2.75) is 12.5 Å². The molecule has 5 nitrogen and oxygen atoms in total. The summed E-state index contributed by atoms with van der Waals surface area (Å²) in [6.07, 6.45) is 2.00. The van der Waals surface area contributed by atoms with Gasteiger partial charge in [0.05, 0.1) is 12.6 Å². The van der Waals surface area contributed by atoms with E-state index in [9.17, 15) is 8.78 Å². The molecule has 2 aromatic rings. The van der Waals surface area contributed by atoms with Gasteiger partial charge in [-0.1, -0.05) is 0 Å². The van der Waals surface area contributed by atoms with E-state index in [1.54, 1.807) is 6.07 Å². The van der Waals surface area contributed by atoms with Crippen LogP contribution in [0.2, 0.25) is 0 Å². The van der Waals surface area contributed by atoms with Gasteiger partial charge < -0.3 is 15.8 Å². The van der Waals surface area contributed by atoms with Crippen LogP contribution in [0.1, 0.15) is 18.0 Å². The lowest BCUT2D eigenvalue weighted by Crippen LogP contribution is -2.24. The quantitative estimate of drug-likeness (QED) is 0.914. The van der Waals surface area contributed by atoms with Gasteiger partial charge in [0, 0.05) is 23.9 Å². The number of aromatic nitrogens is 1. The predicted octanol–water partition coefficient (Wildman–Crippen LogP) is 2.88. The van der Waals surface area contributed by atoms with Crippen LogP contribution in [0.5, 0.6) is 0 Å². The van der Waals surface area contributed by atoms with Gasteiger partial charge in [-0.05, 0) is 30.3 Å². The van der Waals surface area contributed by atoms with Crippen molar-refractivity contribution in [2.75, 3.05) is 11.9 Å². The zero-order chi connectivity index (χ0) is 15.5. The zero-order valence-electron chi connectivity index (χ0n) is 11.6. The van der Waals surface area contributed by atoms with Crippen molar-refractivity contribution < 1.29 is 13.5 Å². The van der Waals surface area contributed by atoms with Gasteiger partial charge in [-0.2, -0.15) is 0 Å². The van der Waals surface area contributed by atoms with Gasteiger partial charge in [0.15, 0.2) is 11.6 Å². The molecule has 2 heterocycles. The number of hydrogen-bond acceptors (Lipinski definition) is 5. The number of anilines is 2. The lowest BCUT2D eigenvalue weighted by Gasteiger charge is -2.20. The highest BCUT2D eigenvalue weighted by atomic mass is 19.1. The number of aliphatic imine (C=N–C) groups is 1. The molecule has 1 aromatic heterocycles. The van der Waals surface area contributed by atoms with Crippen LogP contribution in [0, 0.1) is 11.6 Å². The third kappa shape index (κ3) is 2.98. The smallest absolute Gasteiger partial charge is 0.282 e. The van der Waals surface area contributed by atoms with Crippen LogP contribution < -0.4 is 11.1 Å². The molecule has 0 radical (unpaired) electrons. The predicted molar refractivity (Wildman–Crippen MR) is 78.8 cm³/mol. The summed E-state index contributed by atoms with van der Waals surface area (Å²) in [5.74, 6) is -0.799. The number of pyridine rings is 1. The summed E-state index contributed by atoms with van der Waals surface area (Å²) in [6.45, 7) is 0.381. The molecule has 0 saturated heterocycles. The fraction of sp³-hybridized carbons (Fsp3) is 0.200. The third-order valence-corrected chi connectivity index (χ3v) is 3.30. The lowest BCUT2D eigenvalue weighted by atomic mass is 10.0. The Kier molecular flexibility index (Phi) is 3.86. The molecule has 0 bridgehead atoms. The second-order valence-corrected chi connectivity index (χ2v) is 4.82. The molecule has 0 aliphatic carbocycles. The number of nitrogens with two attached hydrogens (primary N) is 1. The van der Waals surface area contributed by atoms with E-state index in [1.807, 2.05) is 0 Å². The van der Waals surface area contributed by atoms with E-state index < -0.39 is 17.7 Å². The van der Waals surface area contributed by atoms with E-state index in [1.165, 1.54) is 30.5 Å². The first-order valence-corrected chi connectivity index (χ1v) is 6.76. The molecular formula is C15H14F2N4O. The molecule has 0 spiro atoms. The average molecular weight is 304 g/mol. The SMILES string of the molecule is NC1=N[C@H](c2cc(Nc3ncccc3F)ccc2F)CCO1. The van der Waals surface area contributed by atoms with Crippen molar-refractivity contribution in [3.63, 3.8) is 0 Å². The number of halogens is 2. The number of ether oxygens (including phenoxy) is 1. The highest BCUT2D eigenvalue weighted by Gasteiger charge is 2.20. The van der Waals surface area contributed by atoms with E-state index in [0.717, 1.165) is 0 Å². The Bertz CT molecular complexity index is 720. The third-order valence-electron chi connectivity index (χ3n) is 3.30. The van der Waals surface area contributed by atoms with E-state index in [0.29, 0.717) is 24.3 Å². The van der Waals surface area contributed by atoms with Gasteiger partial charge in [0.2, 0.25) is 0 Å². The standard InChI is InChI=1S/C15H14F2N4O/c16-11-4-3-9(20-14-12(17)2-1-6-19-14)8-10(11)13-5-7-22-15(18)21-13/h1-4,6,8,13H,5,7H2,(H2,18,21)(H,19,20)/t13-/m0/s1. The highest BCUT2D eigenvalue weighted by Crippen LogP contribution is 2.29. The van der Waals surface area contributed by atoms with Crippen molar-refractivity contribution in [3.05, 3.63) is 53.7 Å². The van der Waals surface area contributed by atoms with Gasteiger partial charge in [-0.15, -0.1) is 0 Å². The molecule has 1 aromatic carbocycles. The normalized spacial score (nSPS) is 17.5. The Morgan fingerprint density at radius 1 is 1.23 bits per heavy atom. The van der Waals surface area contributed by atoms with Gasteiger partial charge in [-0.25, -0.2) is 18.8 Å². The highest BCUT2D eigenvalue weighted by molar-refractivity contribution is 5.72. The van der Waals surface area contributed by atoms with Gasteiger partial charge in [-0.3, -0.25) is 0 Å². The molecule has 7 heteroatoms. The number of amidine groups is 1. The Labute approximate surface area is 125 Å². The maximum absolute atomic E-state index is 14.0. The van der Waals surface area contributed by atoms with Crippen LogP contribution in [0.3, 0.4) is 0 Å². The Hall–Kier alpha value is -2.70. The minimum atomic E-state index is -0.485. The maximum Gasteiger partial charge on any atom is 0.282 e. The van der Waals surface area contributed by atoms with Crippen LogP contribution >= 0.6 is 0 Å². The van der Waals surface area contributed by atoms with Crippen LogP contribution in [0.25, 0.3) is 0 Å². The summed E-state index contributed by atoms with van der Waals surface area (Å²) < 4.78 is 32.7. The van der Waals surface area contributed by atoms with E-state index in [2.05, 4.69) is 15.3 Å². The molecule has 0 unspecified atom stereocenters. The van der Waals surface area contributed by atoms with Crippen molar-refractivity contribution in [3.8, 4) is 0 Å². The molecule has 3 N–H and O–H groups in total. The number of rotatable bonds is 3. The summed E-state index contributed by atoms with van der Waals surface area (Å²) in [6, 6.07) is 6.82. The van der Waals surface area contributed by atoms with E-state index >= 15 is 0 Å². The molecule has 0 saturated carbocycles. The van der Waals surface area contributed by atoms with Crippen LogP contribution in [0.15, 0.2) is 41.5 Å². The minimum absolute atomic E-state index is 0.0461. The van der Waals surface area contributed by atoms with Crippen molar-refractivity contribution in [1.82, 2.24) is 4.98 Å². The summed E-state index contributed by atoms with van der Waals surface area (Å²) in [5, 5.41) is 2.83. The van der Waals surface area contributed by atoms with Crippen LogP contribution in [0.4, 0.5) is 20.3 Å². The molecule has 0 amide bonds. The minimum Gasteiger partial charge on any atom is -0.465 e. The van der Waals surface area contributed by atoms with Crippen molar-refractivity contribution >= 4 is 17.5 Å². The maximum atomic E-state index is 14.0. The molecule has 1 aliphatic heterocycles. The first-order chi connectivity index (χ1) is 10.6. The average Bonchev–Trinajstić information content (AvgIpc) is 2.51.